The van der Waals surface area contributed by atoms with E-state index in [1.807, 2.05) is 12.1 Å². The highest BCUT2D eigenvalue weighted by molar-refractivity contribution is 5.90. The van der Waals surface area contributed by atoms with Gasteiger partial charge in [0.2, 0.25) is 0 Å². The highest BCUT2D eigenvalue weighted by Gasteiger charge is 2.37. The SMILES string of the molecule is Cc1ccc(CC(=O)C2(N)CCOC2)cc1C. The molecule has 0 amide bonds. The molecule has 0 bridgehead atoms. The van der Waals surface area contributed by atoms with Gasteiger partial charge in [0.15, 0.2) is 5.78 Å². The Morgan fingerprint density at radius 3 is 2.76 bits per heavy atom. The molecule has 1 atom stereocenters. The minimum absolute atomic E-state index is 0.0817. The molecule has 1 aliphatic heterocycles. The molecule has 0 saturated carbocycles. The standard InChI is InChI=1S/C14H19NO2/c1-10-3-4-12(7-11(10)2)8-13(16)14(15)5-6-17-9-14/h3-4,7H,5-6,8-9,15H2,1-2H3. The Kier molecular flexibility index (Phi) is 3.31. The van der Waals surface area contributed by atoms with Crippen LogP contribution in [-0.2, 0) is 16.0 Å². The predicted molar refractivity (Wildman–Crippen MR) is 67.0 cm³/mol. The maximum atomic E-state index is 12.1. The molecule has 0 spiro atoms. The second-order valence-corrected chi connectivity index (χ2v) is 4.98. The monoisotopic (exact) mass is 233 g/mol. The molecular formula is C14H19NO2. The lowest BCUT2D eigenvalue weighted by Crippen LogP contribution is -2.49. The number of benzene rings is 1. The van der Waals surface area contributed by atoms with Gasteiger partial charge in [0.05, 0.1) is 6.61 Å². The maximum absolute atomic E-state index is 12.1. The Morgan fingerprint density at radius 2 is 2.18 bits per heavy atom. The van der Waals surface area contributed by atoms with Crippen molar-refractivity contribution in [2.75, 3.05) is 13.2 Å². The van der Waals surface area contributed by atoms with Gasteiger partial charge in [-0.2, -0.15) is 0 Å². The lowest BCUT2D eigenvalue weighted by atomic mass is 9.89. The minimum atomic E-state index is -0.765. The van der Waals surface area contributed by atoms with Crippen molar-refractivity contribution in [2.45, 2.75) is 32.2 Å². The van der Waals surface area contributed by atoms with Crippen molar-refractivity contribution in [1.29, 1.82) is 0 Å². The molecule has 2 rings (SSSR count). The van der Waals surface area contributed by atoms with Crippen molar-refractivity contribution in [1.82, 2.24) is 0 Å². The van der Waals surface area contributed by atoms with E-state index >= 15 is 0 Å². The molecule has 2 N–H and O–H groups in total. The third-order valence-electron chi connectivity index (χ3n) is 3.54. The normalized spacial score (nSPS) is 23.9. The zero-order valence-electron chi connectivity index (χ0n) is 10.5. The Hall–Kier alpha value is -1.19. The summed E-state index contributed by atoms with van der Waals surface area (Å²) in [6.07, 6.45) is 1.04. The first-order valence-corrected chi connectivity index (χ1v) is 5.97. The zero-order chi connectivity index (χ0) is 12.5. The summed E-state index contributed by atoms with van der Waals surface area (Å²) in [4.78, 5) is 12.1. The van der Waals surface area contributed by atoms with E-state index in [0.29, 0.717) is 26.1 Å². The van der Waals surface area contributed by atoms with Crippen LogP contribution in [0.4, 0.5) is 0 Å². The van der Waals surface area contributed by atoms with Gasteiger partial charge in [-0.05, 0) is 37.0 Å². The van der Waals surface area contributed by atoms with E-state index in [9.17, 15) is 4.79 Å². The van der Waals surface area contributed by atoms with Crippen LogP contribution < -0.4 is 5.73 Å². The Labute approximate surface area is 102 Å². The number of carbonyl (C=O) groups excluding carboxylic acids is 1. The largest absolute Gasteiger partial charge is 0.379 e. The number of Topliss-reactive ketones (excluding diaryl/α,β-unsaturated/α-hetero) is 1. The van der Waals surface area contributed by atoms with E-state index in [4.69, 9.17) is 10.5 Å². The number of hydrogen-bond acceptors (Lipinski definition) is 3. The van der Waals surface area contributed by atoms with Gasteiger partial charge in [-0.25, -0.2) is 0 Å². The van der Waals surface area contributed by atoms with Gasteiger partial charge in [-0.1, -0.05) is 18.2 Å². The molecule has 3 heteroatoms. The van der Waals surface area contributed by atoms with E-state index < -0.39 is 5.54 Å². The van der Waals surface area contributed by atoms with E-state index in [0.717, 1.165) is 5.56 Å². The molecule has 1 saturated heterocycles. The Morgan fingerprint density at radius 1 is 1.41 bits per heavy atom. The molecule has 17 heavy (non-hydrogen) atoms. The van der Waals surface area contributed by atoms with Crippen LogP contribution in [0, 0.1) is 13.8 Å². The van der Waals surface area contributed by atoms with E-state index in [1.54, 1.807) is 0 Å². The molecule has 1 fully saturated rings. The van der Waals surface area contributed by atoms with Gasteiger partial charge in [0, 0.05) is 13.0 Å². The highest BCUT2D eigenvalue weighted by Crippen LogP contribution is 2.19. The van der Waals surface area contributed by atoms with Gasteiger partial charge >= 0.3 is 0 Å². The second-order valence-electron chi connectivity index (χ2n) is 4.98. The fraction of sp³-hybridized carbons (Fsp3) is 0.500. The van der Waals surface area contributed by atoms with Crippen LogP contribution in [0.15, 0.2) is 18.2 Å². The third-order valence-corrected chi connectivity index (χ3v) is 3.54. The first-order chi connectivity index (χ1) is 8.01. The fourth-order valence-corrected chi connectivity index (χ4v) is 2.08. The summed E-state index contributed by atoms with van der Waals surface area (Å²) in [6.45, 7) is 5.07. The first-order valence-electron chi connectivity index (χ1n) is 5.97. The molecule has 0 radical (unpaired) electrons. The summed E-state index contributed by atoms with van der Waals surface area (Å²) in [5.41, 5.74) is 8.77. The van der Waals surface area contributed by atoms with Crippen molar-refractivity contribution >= 4 is 5.78 Å². The van der Waals surface area contributed by atoms with Crippen LogP contribution in [0.2, 0.25) is 0 Å². The number of hydrogen-bond donors (Lipinski definition) is 1. The highest BCUT2D eigenvalue weighted by atomic mass is 16.5. The minimum Gasteiger partial charge on any atom is -0.379 e. The molecule has 0 aliphatic carbocycles. The lowest BCUT2D eigenvalue weighted by Gasteiger charge is -2.20. The average Bonchev–Trinajstić information content (AvgIpc) is 2.72. The van der Waals surface area contributed by atoms with Crippen molar-refractivity contribution in [3.8, 4) is 0 Å². The van der Waals surface area contributed by atoms with Crippen LogP contribution >= 0.6 is 0 Å². The van der Waals surface area contributed by atoms with Gasteiger partial charge in [0.1, 0.15) is 5.54 Å². The number of aryl methyl sites for hydroxylation is 2. The summed E-state index contributed by atoms with van der Waals surface area (Å²) in [5, 5.41) is 0. The summed E-state index contributed by atoms with van der Waals surface area (Å²) < 4.78 is 5.22. The average molecular weight is 233 g/mol. The number of nitrogens with two attached hydrogens (primary N) is 1. The topological polar surface area (TPSA) is 52.3 Å². The molecule has 1 aromatic rings. The number of rotatable bonds is 3. The number of ether oxygens (including phenoxy) is 1. The van der Waals surface area contributed by atoms with Crippen LogP contribution in [0.3, 0.4) is 0 Å². The molecule has 1 unspecified atom stereocenters. The quantitative estimate of drug-likeness (QED) is 0.861. The molecular weight excluding hydrogens is 214 g/mol. The van der Waals surface area contributed by atoms with Crippen LogP contribution in [0.5, 0.6) is 0 Å². The Balaban J connectivity index is 2.10. The fourth-order valence-electron chi connectivity index (χ4n) is 2.08. The van der Waals surface area contributed by atoms with Crippen molar-refractivity contribution in [3.05, 3.63) is 34.9 Å². The van der Waals surface area contributed by atoms with Crippen molar-refractivity contribution in [2.24, 2.45) is 5.73 Å². The van der Waals surface area contributed by atoms with Crippen LogP contribution in [0.1, 0.15) is 23.1 Å². The molecule has 92 valence electrons. The van der Waals surface area contributed by atoms with E-state index in [-0.39, 0.29) is 5.78 Å². The summed E-state index contributed by atoms with van der Waals surface area (Å²) in [6, 6.07) is 6.11. The molecule has 1 heterocycles. The molecule has 0 aromatic heterocycles. The predicted octanol–water partition coefficient (Wildman–Crippen LogP) is 1.53. The van der Waals surface area contributed by atoms with Gasteiger partial charge in [-0.3, -0.25) is 4.79 Å². The number of carbonyl (C=O) groups is 1. The second kappa shape index (κ2) is 4.59. The summed E-state index contributed by atoms with van der Waals surface area (Å²) >= 11 is 0. The van der Waals surface area contributed by atoms with Crippen molar-refractivity contribution in [3.63, 3.8) is 0 Å². The smallest absolute Gasteiger partial charge is 0.159 e. The van der Waals surface area contributed by atoms with Gasteiger partial charge in [-0.15, -0.1) is 0 Å². The van der Waals surface area contributed by atoms with Crippen molar-refractivity contribution < 1.29 is 9.53 Å². The van der Waals surface area contributed by atoms with E-state index in [2.05, 4.69) is 19.9 Å². The Bertz CT molecular complexity index is 434. The lowest BCUT2D eigenvalue weighted by molar-refractivity contribution is -0.123. The molecule has 3 nitrogen and oxygen atoms in total. The summed E-state index contributed by atoms with van der Waals surface area (Å²) in [5.74, 6) is 0.0817. The maximum Gasteiger partial charge on any atom is 0.159 e. The first kappa shape index (κ1) is 12.3. The molecule has 1 aromatic carbocycles. The summed E-state index contributed by atoms with van der Waals surface area (Å²) in [7, 11) is 0. The van der Waals surface area contributed by atoms with E-state index in [1.165, 1.54) is 11.1 Å². The third kappa shape index (κ3) is 2.56. The van der Waals surface area contributed by atoms with Gasteiger partial charge in [0.25, 0.3) is 0 Å². The van der Waals surface area contributed by atoms with Crippen LogP contribution in [0.25, 0.3) is 0 Å². The number of ketones is 1. The zero-order valence-corrected chi connectivity index (χ0v) is 10.5. The van der Waals surface area contributed by atoms with Crippen LogP contribution in [-0.4, -0.2) is 24.5 Å². The van der Waals surface area contributed by atoms with Gasteiger partial charge < -0.3 is 10.5 Å². The molecule has 1 aliphatic rings.